The molecule has 0 saturated heterocycles. The third kappa shape index (κ3) is 1.66. The molecular formula is C18H13N3O. The standard InChI is InChI=1S/C18H13N3O/c1-11-6-7-12(2)21(11)14-8-16-17(20-10-14)15-5-3-4-13(9-19)18(15)22-16/h3-8,10H,1-2H3. The maximum absolute atomic E-state index is 9.20. The van der Waals surface area contributed by atoms with Gasteiger partial charge in [-0.1, -0.05) is 6.07 Å². The van der Waals surface area contributed by atoms with Crippen LogP contribution in [-0.2, 0) is 0 Å². The molecule has 0 aliphatic carbocycles. The van der Waals surface area contributed by atoms with Crippen molar-refractivity contribution >= 4 is 22.1 Å². The molecule has 1 aromatic carbocycles. The maximum Gasteiger partial charge on any atom is 0.156 e. The Morgan fingerprint density at radius 3 is 2.64 bits per heavy atom. The van der Waals surface area contributed by atoms with Gasteiger partial charge in [-0.3, -0.25) is 0 Å². The largest absolute Gasteiger partial charge is 0.453 e. The van der Waals surface area contributed by atoms with Crippen LogP contribution in [0.25, 0.3) is 27.8 Å². The van der Waals surface area contributed by atoms with E-state index in [2.05, 4.69) is 41.6 Å². The number of nitrogens with zero attached hydrogens (tertiary/aromatic N) is 3. The van der Waals surface area contributed by atoms with Crippen LogP contribution in [-0.4, -0.2) is 9.55 Å². The van der Waals surface area contributed by atoms with Crippen LogP contribution in [0.1, 0.15) is 17.0 Å². The Hall–Kier alpha value is -3.06. The number of hydrogen-bond acceptors (Lipinski definition) is 3. The van der Waals surface area contributed by atoms with Crippen LogP contribution in [0.2, 0.25) is 0 Å². The lowest BCUT2D eigenvalue weighted by Crippen LogP contribution is -1.98. The molecule has 4 heteroatoms. The number of hydrogen-bond donors (Lipinski definition) is 0. The number of pyridine rings is 1. The highest BCUT2D eigenvalue weighted by atomic mass is 16.3. The molecule has 0 aliphatic heterocycles. The van der Waals surface area contributed by atoms with Gasteiger partial charge in [-0.15, -0.1) is 0 Å². The molecule has 4 aromatic rings. The molecule has 0 aliphatic rings. The van der Waals surface area contributed by atoms with Crippen molar-refractivity contribution in [3.8, 4) is 11.8 Å². The number of nitriles is 1. The monoisotopic (exact) mass is 287 g/mol. The fourth-order valence-electron chi connectivity index (χ4n) is 2.94. The molecule has 0 saturated carbocycles. The van der Waals surface area contributed by atoms with E-state index in [4.69, 9.17) is 4.42 Å². The first-order valence-electron chi connectivity index (χ1n) is 7.06. The van der Waals surface area contributed by atoms with Crippen molar-refractivity contribution in [1.82, 2.24) is 9.55 Å². The maximum atomic E-state index is 9.20. The molecule has 0 spiro atoms. The number of furan rings is 1. The summed E-state index contributed by atoms with van der Waals surface area (Å²) in [5, 5.41) is 10.1. The molecule has 4 nitrogen and oxygen atoms in total. The van der Waals surface area contributed by atoms with Crippen LogP contribution in [0.15, 0.2) is 47.0 Å². The van der Waals surface area contributed by atoms with Crippen LogP contribution in [0.5, 0.6) is 0 Å². The fourth-order valence-corrected chi connectivity index (χ4v) is 2.94. The molecule has 106 valence electrons. The summed E-state index contributed by atoms with van der Waals surface area (Å²) in [6, 6.07) is 13.8. The highest BCUT2D eigenvalue weighted by Crippen LogP contribution is 2.30. The zero-order valence-electron chi connectivity index (χ0n) is 12.3. The molecule has 3 aromatic heterocycles. The van der Waals surface area contributed by atoms with Crippen LogP contribution < -0.4 is 0 Å². The highest BCUT2D eigenvalue weighted by molar-refractivity contribution is 6.04. The summed E-state index contributed by atoms with van der Waals surface area (Å²) >= 11 is 0. The Morgan fingerprint density at radius 1 is 1.14 bits per heavy atom. The van der Waals surface area contributed by atoms with Gasteiger partial charge in [0, 0.05) is 22.8 Å². The van der Waals surface area contributed by atoms with E-state index in [0.717, 1.165) is 28.0 Å². The topological polar surface area (TPSA) is 54.8 Å². The van der Waals surface area contributed by atoms with Gasteiger partial charge in [-0.2, -0.15) is 5.26 Å². The Bertz CT molecular complexity index is 1040. The van der Waals surface area contributed by atoms with Crippen LogP contribution in [0.3, 0.4) is 0 Å². The number of fused-ring (bicyclic) bond motifs is 3. The van der Waals surface area contributed by atoms with Gasteiger partial charge in [0.05, 0.1) is 17.4 Å². The van der Waals surface area contributed by atoms with Crippen LogP contribution in [0, 0.1) is 25.2 Å². The van der Waals surface area contributed by atoms with Gasteiger partial charge in [0.15, 0.2) is 11.2 Å². The molecule has 22 heavy (non-hydrogen) atoms. The first-order valence-corrected chi connectivity index (χ1v) is 7.06. The molecule has 0 unspecified atom stereocenters. The smallest absolute Gasteiger partial charge is 0.156 e. The Labute approximate surface area is 127 Å². The van der Waals surface area contributed by atoms with Crippen molar-refractivity contribution in [1.29, 1.82) is 5.26 Å². The summed E-state index contributed by atoms with van der Waals surface area (Å²) in [4.78, 5) is 4.56. The van der Waals surface area contributed by atoms with Crippen molar-refractivity contribution in [3.63, 3.8) is 0 Å². The van der Waals surface area contributed by atoms with Gasteiger partial charge in [0.25, 0.3) is 0 Å². The van der Waals surface area contributed by atoms with Crippen molar-refractivity contribution in [3.05, 3.63) is 59.5 Å². The number of aryl methyl sites for hydroxylation is 2. The van der Waals surface area contributed by atoms with E-state index in [0.29, 0.717) is 16.7 Å². The van der Waals surface area contributed by atoms with Gasteiger partial charge < -0.3 is 8.98 Å². The lowest BCUT2D eigenvalue weighted by Gasteiger charge is -2.08. The fraction of sp³-hybridized carbons (Fsp3) is 0.111. The summed E-state index contributed by atoms with van der Waals surface area (Å²) in [6.45, 7) is 4.12. The molecule has 3 heterocycles. The molecule has 0 atom stereocenters. The van der Waals surface area contributed by atoms with E-state index >= 15 is 0 Å². The third-order valence-electron chi connectivity index (χ3n) is 3.97. The van der Waals surface area contributed by atoms with Crippen LogP contribution >= 0.6 is 0 Å². The number of para-hydroxylation sites is 1. The zero-order chi connectivity index (χ0) is 15.3. The highest BCUT2D eigenvalue weighted by Gasteiger charge is 2.13. The van der Waals surface area contributed by atoms with Crippen molar-refractivity contribution in [2.24, 2.45) is 0 Å². The Kier molecular flexibility index (Phi) is 2.57. The number of rotatable bonds is 1. The second-order valence-corrected chi connectivity index (χ2v) is 5.39. The summed E-state index contributed by atoms with van der Waals surface area (Å²) in [5.74, 6) is 0. The second kappa shape index (κ2) is 4.47. The first-order chi connectivity index (χ1) is 10.7. The molecule has 4 rings (SSSR count). The minimum absolute atomic E-state index is 0.533. The average Bonchev–Trinajstić information content (AvgIpc) is 3.06. The van der Waals surface area contributed by atoms with E-state index in [1.165, 1.54) is 0 Å². The van der Waals surface area contributed by atoms with E-state index in [-0.39, 0.29) is 0 Å². The second-order valence-electron chi connectivity index (χ2n) is 5.39. The molecule has 0 bridgehead atoms. The van der Waals surface area contributed by atoms with Gasteiger partial charge in [-0.05, 0) is 38.1 Å². The zero-order valence-corrected chi connectivity index (χ0v) is 12.3. The van der Waals surface area contributed by atoms with Gasteiger partial charge in [0.2, 0.25) is 0 Å². The molecule has 0 radical (unpaired) electrons. The molecular weight excluding hydrogens is 274 g/mol. The number of benzene rings is 1. The predicted molar refractivity (Wildman–Crippen MR) is 85.0 cm³/mol. The third-order valence-corrected chi connectivity index (χ3v) is 3.97. The lowest BCUT2D eigenvalue weighted by atomic mass is 10.1. The van der Waals surface area contributed by atoms with Gasteiger partial charge in [0.1, 0.15) is 11.6 Å². The normalized spacial score (nSPS) is 11.1. The van der Waals surface area contributed by atoms with Crippen molar-refractivity contribution < 1.29 is 4.42 Å². The predicted octanol–water partition coefficient (Wildman–Crippen LogP) is 4.26. The molecule has 0 N–H and O–H groups in total. The van der Waals surface area contributed by atoms with Gasteiger partial charge >= 0.3 is 0 Å². The Balaban J connectivity index is 2.03. The van der Waals surface area contributed by atoms with Crippen molar-refractivity contribution in [2.45, 2.75) is 13.8 Å². The van der Waals surface area contributed by atoms with E-state index < -0.39 is 0 Å². The number of aromatic nitrogens is 2. The van der Waals surface area contributed by atoms with E-state index in [9.17, 15) is 5.26 Å². The van der Waals surface area contributed by atoms with Crippen molar-refractivity contribution in [2.75, 3.05) is 0 Å². The first kappa shape index (κ1) is 12.7. The van der Waals surface area contributed by atoms with Gasteiger partial charge in [-0.25, -0.2) is 4.98 Å². The Morgan fingerprint density at radius 2 is 1.91 bits per heavy atom. The summed E-state index contributed by atoms with van der Waals surface area (Å²) < 4.78 is 8.02. The SMILES string of the molecule is Cc1ccc(C)n1-c1cnc2c(c1)oc1c(C#N)cccc12. The minimum atomic E-state index is 0.533. The van der Waals surface area contributed by atoms with Crippen LogP contribution in [0.4, 0.5) is 0 Å². The van der Waals surface area contributed by atoms with E-state index in [1.54, 1.807) is 6.07 Å². The minimum Gasteiger partial charge on any atom is -0.453 e. The molecule has 0 amide bonds. The average molecular weight is 287 g/mol. The lowest BCUT2D eigenvalue weighted by molar-refractivity contribution is 0.666. The molecule has 0 fully saturated rings. The summed E-state index contributed by atoms with van der Waals surface area (Å²) in [5.41, 5.74) is 5.88. The summed E-state index contributed by atoms with van der Waals surface area (Å²) in [7, 11) is 0. The van der Waals surface area contributed by atoms with E-state index in [1.807, 2.05) is 24.4 Å². The summed E-state index contributed by atoms with van der Waals surface area (Å²) in [6.07, 6.45) is 1.84. The quantitative estimate of drug-likeness (QED) is 0.525.